The molecule has 1 heterocycles. The first-order valence-electron chi connectivity index (χ1n) is 5.15. The van der Waals surface area contributed by atoms with Crippen molar-refractivity contribution in [1.29, 1.82) is 0 Å². The third-order valence-corrected chi connectivity index (χ3v) is 3.06. The van der Waals surface area contributed by atoms with Gasteiger partial charge in [-0.05, 0) is 26.9 Å². The van der Waals surface area contributed by atoms with Crippen molar-refractivity contribution in [3.63, 3.8) is 0 Å². The summed E-state index contributed by atoms with van der Waals surface area (Å²) in [4.78, 5) is 2.22. The van der Waals surface area contributed by atoms with Gasteiger partial charge in [-0.2, -0.15) is 0 Å². The highest BCUT2D eigenvalue weighted by atomic mass is 16.7. The van der Waals surface area contributed by atoms with E-state index in [1.807, 2.05) is 0 Å². The highest BCUT2D eigenvalue weighted by molar-refractivity contribution is 4.89. The van der Waals surface area contributed by atoms with Crippen molar-refractivity contribution in [2.24, 2.45) is 5.92 Å². The second-order valence-corrected chi connectivity index (χ2v) is 4.36. The first kappa shape index (κ1) is 9.44. The van der Waals surface area contributed by atoms with Gasteiger partial charge in [0.25, 0.3) is 0 Å². The first-order valence-corrected chi connectivity index (χ1v) is 5.15. The van der Waals surface area contributed by atoms with E-state index in [-0.39, 0.29) is 5.79 Å². The van der Waals surface area contributed by atoms with Crippen LogP contribution in [0.5, 0.6) is 0 Å². The fraction of sp³-hybridized carbons (Fsp3) is 1.00. The van der Waals surface area contributed by atoms with Crippen LogP contribution in [0.25, 0.3) is 0 Å². The summed E-state index contributed by atoms with van der Waals surface area (Å²) in [7, 11) is 4.22. The maximum Gasteiger partial charge on any atom is 0.172 e. The van der Waals surface area contributed by atoms with Crippen molar-refractivity contribution >= 4 is 0 Å². The Morgan fingerprint density at radius 1 is 1.31 bits per heavy atom. The molecule has 1 atom stereocenters. The van der Waals surface area contributed by atoms with Crippen LogP contribution in [0.2, 0.25) is 0 Å². The van der Waals surface area contributed by atoms with Crippen LogP contribution >= 0.6 is 0 Å². The maximum atomic E-state index is 5.77. The Bertz CT molecular complexity index is 170. The Labute approximate surface area is 80.0 Å². The minimum atomic E-state index is -0.204. The molecule has 0 radical (unpaired) electrons. The summed E-state index contributed by atoms with van der Waals surface area (Å²) in [6, 6.07) is 0. The molecule has 1 aliphatic carbocycles. The van der Waals surface area contributed by atoms with Crippen LogP contribution in [0.3, 0.4) is 0 Å². The Hall–Kier alpha value is -0.120. The van der Waals surface area contributed by atoms with Crippen molar-refractivity contribution in [2.75, 3.05) is 33.9 Å². The molecule has 1 spiro atoms. The van der Waals surface area contributed by atoms with Gasteiger partial charge in [-0.1, -0.05) is 0 Å². The molecule has 0 N–H and O–H groups in total. The second-order valence-electron chi connectivity index (χ2n) is 4.36. The minimum Gasteiger partial charge on any atom is -0.347 e. The average Bonchev–Trinajstić information content (AvgIpc) is 2.64. The summed E-state index contributed by atoms with van der Waals surface area (Å²) < 4.78 is 11.5. The third-order valence-electron chi connectivity index (χ3n) is 3.06. The van der Waals surface area contributed by atoms with Gasteiger partial charge < -0.3 is 14.4 Å². The monoisotopic (exact) mass is 185 g/mol. The summed E-state index contributed by atoms with van der Waals surface area (Å²) in [6.45, 7) is 2.65. The Morgan fingerprint density at radius 3 is 2.62 bits per heavy atom. The zero-order valence-corrected chi connectivity index (χ0v) is 8.58. The van der Waals surface area contributed by atoms with E-state index >= 15 is 0 Å². The molecule has 0 aromatic carbocycles. The Kier molecular flexibility index (Phi) is 2.58. The molecule has 3 nitrogen and oxygen atoms in total. The van der Waals surface area contributed by atoms with Crippen molar-refractivity contribution < 1.29 is 9.47 Å². The zero-order chi connectivity index (χ0) is 9.31. The van der Waals surface area contributed by atoms with Gasteiger partial charge in [-0.25, -0.2) is 0 Å². The van der Waals surface area contributed by atoms with Crippen LogP contribution in [0.4, 0.5) is 0 Å². The molecular formula is C10H19NO2. The van der Waals surface area contributed by atoms with Gasteiger partial charge in [0.15, 0.2) is 5.79 Å². The largest absolute Gasteiger partial charge is 0.347 e. The van der Waals surface area contributed by atoms with Gasteiger partial charge in [-0.3, -0.25) is 0 Å². The van der Waals surface area contributed by atoms with Crippen LogP contribution < -0.4 is 0 Å². The molecule has 0 aromatic rings. The van der Waals surface area contributed by atoms with E-state index in [9.17, 15) is 0 Å². The van der Waals surface area contributed by atoms with Gasteiger partial charge in [0.1, 0.15) is 0 Å². The molecule has 1 saturated heterocycles. The average molecular weight is 185 g/mol. The standard InChI is InChI=1S/C10H19NO2/c1-11(2)8-9-4-3-5-10(9)12-6-7-13-10/h9H,3-8H2,1-2H3/t9-/m1/s1. The molecule has 0 amide bonds. The van der Waals surface area contributed by atoms with Crippen LogP contribution in [0.1, 0.15) is 19.3 Å². The molecule has 0 bridgehead atoms. The van der Waals surface area contributed by atoms with Gasteiger partial charge in [0, 0.05) is 18.9 Å². The summed E-state index contributed by atoms with van der Waals surface area (Å²) in [5, 5.41) is 0. The molecule has 0 aromatic heterocycles. The van der Waals surface area contributed by atoms with Crippen LogP contribution in [0, 0.1) is 5.92 Å². The molecule has 3 heteroatoms. The number of hydrogen-bond acceptors (Lipinski definition) is 3. The predicted molar refractivity (Wildman–Crippen MR) is 50.5 cm³/mol. The lowest BCUT2D eigenvalue weighted by atomic mass is 10.0. The second kappa shape index (κ2) is 3.56. The van der Waals surface area contributed by atoms with E-state index in [2.05, 4.69) is 19.0 Å². The summed E-state index contributed by atoms with van der Waals surface area (Å²) in [5.74, 6) is 0.370. The molecule has 2 aliphatic rings. The van der Waals surface area contributed by atoms with E-state index in [1.165, 1.54) is 12.8 Å². The quantitative estimate of drug-likeness (QED) is 0.643. The number of ether oxygens (including phenoxy) is 2. The number of nitrogens with zero attached hydrogens (tertiary/aromatic N) is 1. The van der Waals surface area contributed by atoms with Crippen LogP contribution in [-0.4, -0.2) is 44.5 Å². The minimum absolute atomic E-state index is 0.204. The maximum absolute atomic E-state index is 5.77. The highest BCUT2D eigenvalue weighted by Gasteiger charge is 2.47. The fourth-order valence-electron chi connectivity index (χ4n) is 2.54. The molecule has 2 rings (SSSR count). The summed E-state index contributed by atoms with van der Waals surface area (Å²) >= 11 is 0. The zero-order valence-electron chi connectivity index (χ0n) is 8.58. The Morgan fingerprint density at radius 2 is 2.00 bits per heavy atom. The fourth-order valence-corrected chi connectivity index (χ4v) is 2.54. The van der Waals surface area contributed by atoms with E-state index in [4.69, 9.17) is 9.47 Å². The molecule has 2 fully saturated rings. The highest BCUT2D eigenvalue weighted by Crippen LogP contribution is 2.42. The molecule has 0 unspecified atom stereocenters. The van der Waals surface area contributed by atoms with Crippen LogP contribution in [-0.2, 0) is 9.47 Å². The lowest BCUT2D eigenvalue weighted by Crippen LogP contribution is -2.39. The summed E-state index contributed by atoms with van der Waals surface area (Å²) in [5.41, 5.74) is 0. The van der Waals surface area contributed by atoms with Crippen molar-refractivity contribution in [2.45, 2.75) is 25.0 Å². The van der Waals surface area contributed by atoms with Crippen molar-refractivity contribution in [3.05, 3.63) is 0 Å². The van der Waals surface area contributed by atoms with Gasteiger partial charge in [0.2, 0.25) is 0 Å². The SMILES string of the molecule is CN(C)C[C@H]1CCCC12OCCO2. The lowest BCUT2D eigenvalue weighted by molar-refractivity contribution is -0.183. The van der Waals surface area contributed by atoms with Crippen molar-refractivity contribution in [3.8, 4) is 0 Å². The predicted octanol–water partition coefficient (Wildman–Crippen LogP) is 1.09. The topological polar surface area (TPSA) is 21.7 Å². The van der Waals surface area contributed by atoms with E-state index in [0.29, 0.717) is 5.92 Å². The molecular weight excluding hydrogens is 166 g/mol. The molecule has 13 heavy (non-hydrogen) atoms. The smallest absolute Gasteiger partial charge is 0.172 e. The Balaban J connectivity index is 2.00. The molecule has 76 valence electrons. The third kappa shape index (κ3) is 1.73. The summed E-state index contributed by atoms with van der Waals surface area (Å²) in [6.07, 6.45) is 3.59. The van der Waals surface area contributed by atoms with Gasteiger partial charge in [0.05, 0.1) is 13.2 Å². The molecule has 1 saturated carbocycles. The van der Waals surface area contributed by atoms with E-state index in [1.54, 1.807) is 0 Å². The van der Waals surface area contributed by atoms with E-state index < -0.39 is 0 Å². The van der Waals surface area contributed by atoms with Crippen LogP contribution in [0.15, 0.2) is 0 Å². The number of hydrogen-bond donors (Lipinski definition) is 0. The van der Waals surface area contributed by atoms with Crippen molar-refractivity contribution in [1.82, 2.24) is 4.90 Å². The van der Waals surface area contributed by atoms with E-state index in [0.717, 1.165) is 26.2 Å². The van der Waals surface area contributed by atoms with Gasteiger partial charge in [-0.15, -0.1) is 0 Å². The normalized spacial score (nSPS) is 32.1. The molecule has 1 aliphatic heterocycles. The first-order chi connectivity index (χ1) is 6.23. The lowest BCUT2D eigenvalue weighted by Gasteiger charge is -2.31. The number of rotatable bonds is 2. The van der Waals surface area contributed by atoms with Gasteiger partial charge >= 0.3 is 0 Å².